The van der Waals surface area contributed by atoms with Crippen LogP contribution in [0.5, 0.6) is 0 Å². The number of furan rings is 6. The molecule has 3 saturated heterocycles. The number of aliphatic imine (C=N–C) groups is 1. The third kappa shape index (κ3) is 29.0. The fourth-order valence-electron chi connectivity index (χ4n) is 12.6. The quantitative estimate of drug-likeness (QED) is 0.00289. The smallest absolute Gasteiger partial charge is 0.498 e. The van der Waals surface area contributed by atoms with Gasteiger partial charge >= 0.3 is 5.82 Å². The minimum absolute atomic E-state index is 0. The number of H-pyrrole nitrogens is 2. The van der Waals surface area contributed by atoms with Crippen LogP contribution >= 0.6 is 42.1 Å². The number of nitrogens with zero attached hydrogens (tertiary/aromatic N) is 19. The number of fused-ring (bicyclic) bond motifs is 3. The Morgan fingerprint density at radius 2 is 1.16 bits per heavy atom. The molecule has 10 atom stereocenters. The molecular weight excluding hydrogens is 1750 g/mol. The van der Waals surface area contributed by atoms with Gasteiger partial charge in [0.15, 0.2) is 69.8 Å². The molecule has 0 spiro atoms. The Morgan fingerprint density at radius 3 is 1.60 bits per heavy atom. The molecule has 3 aliphatic rings. The summed E-state index contributed by atoms with van der Waals surface area (Å²) in [6.07, 6.45) is 18.5. The molecule has 16 heterocycles. The number of anilines is 3. The first-order valence-electron chi connectivity index (χ1n) is 38.9. The molecule has 0 aliphatic carbocycles. The van der Waals surface area contributed by atoms with Crippen molar-refractivity contribution < 1.29 is 69.8 Å². The van der Waals surface area contributed by atoms with Gasteiger partial charge in [0.2, 0.25) is 14.1 Å². The van der Waals surface area contributed by atoms with Crippen LogP contribution in [0, 0.1) is 42.9 Å². The number of hydrogen-bond acceptors (Lipinski definition) is 33. The zero-order valence-corrected chi connectivity index (χ0v) is 74.2. The number of primary amides is 1. The van der Waals surface area contributed by atoms with E-state index in [4.69, 9.17) is 132 Å². The molecule has 16 N–H and O–H groups in total. The van der Waals surface area contributed by atoms with E-state index in [2.05, 4.69) is 157 Å². The molecule has 16 rings (SSSR count). The second-order valence-corrected chi connectivity index (χ2v) is 30.5. The summed E-state index contributed by atoms with van der Waals surface area (Å²) in [5, 5.41) is 51.8. The number of hydrazine groups is 1. The van der Waals surface area contributed by atoms with E-state index in [-0.39, 0.29) is 68.9 Å². The summed E-state index contributed by atoms with van der Waals surface area (Å²) in [6, 6.07) is 23.5. The normalized spacial score (nSPS) is 17.5. The number of aromatic amines is 2. The van der Waals surface area contributed by atoms with Crippen LogP contribution in [0.4, 0.5) is 29.0 Å². The second-order valence-electron chi connectivity index (χ2n) is 27.6. The highest BCUT2D eigenvalue weighted by molar-refractivity contribution is 7.78. The summed E-state index contributed by atoms with van der Waals surface area (Å²) in [5.74, 6) is 13.6. The molecule has 0 aromatic carbocycles. The molecule has 690 valence electrons. The number of nitrogens with two attached hydrogens (primary N) is 6. The van der Waals surface area contributed by atoms with Crippen molar-refractivity contribution in [2.24, 2.45) is 34.2 Å². The zero-order chi connectivity index (χ0) is 92.8. The van der Waals surface area contributed by atoms with Gasteiger partial charge in [0.1, 0.15) is 84.0 Å². The highest BCUT2D eigenvalue weighted by atomic mass is 35.7. The first-order chi connectivity index (χ1) is 61.2. The molecule has 0 bridgehead atoms. The second kappa shape index (κ2) is 54.2. The number of halogens is 3. The topological polar surface area (TPSA) is 582 Å². The van der Waals surface area contributed by atoms with Gasteiger partial charge in [-0.3, -0.25) is 31.5 Å². The Hall–Kier alpha value is -13.0. The zero-order valence-electron chi connectivity index (χ0n) is 71.0. The molecule has 13 aromatic heterocycles. The van der Waals surface area contributed by atoms with Gasteiger partial charge < -0.3 is 88.0 Å². The summed E-state index contributed by atoms with van der Waals surface area (Å²) in [6.45, 7) is 37.5. The fourth-order valence-corrected chi connectivity index (χ4v) is 15.5. The van der Waals surface area contributed by atoms with Gasteiger partial charge in [0.05, 0.1) is 118 Å². The minimum atomic E-state index is -1.08. The monoisotopic (exact) mass is 1860 g/mol. The van der Waals surface area contributed by atoms with Gasteiger partial charge in [0, 0.05) is 32.6 Å². The maximum atomic E-state index is 10.2. The number of alkyl halides is 1. The van der Waals surface area contributed by atoms with Crippen LogP contribution in [0.1, 0.15) is 138 Å². The van der Waals surface area contributed by atoms with Gasteiger partial charge in [-0.2, -0.15) is 35.3 Å². The lowest BCUT2D eigenvalue weighted by Crippen LogP contribution is -2.31. The summed E-state index contributed by atoms with van der Waals surface area (Å²) in [4.78, 5) is 59.3. The van der Waals surface area contributed by atoms with Crippen LogP contribution in [0.15, 0.2) is 167 Å². The Labute approximate surface area is 760 Å². The largest absolute Gasteiger partial charge is 0.565 e. The number of hydrogen-bond donors (Lipinski definition) is 10. The van der Waals surface area contributed by atoms with E-state index < -0.39 is 31.3 Å². The average molecular weight is 1860 g/mol. The predicted molar refractivity (Wildman–Crippen MR) is 489 cm³/mol. The van der Waals surface area contributed by atoms with Crippen molar-refractivity contribution in [3.05, 3.63) is 181 Å². The molecule has 13 aromatic rings. The van der Waals surface area contributed by atoms with E-state index in [0.717, 1.165) is 25.7 Å². The lowest BCUT2D eigenvalue weighted by molar-refractivity contribution is -0.106. The maximum Gasteiger partial charge on any atom is 0.565 e. The highest BCUT2D eigenvalue weighted by Crippen LogP contribution is 2.49. The van der Waals surface area contributed by atoms with E-state index in [9.17, 15) is 15.0 Å². The van der Waals surface area contributed by atoms with Crippen LogP contribution in [-0.4, -0.2) is 184 Å². The van der Waals surface area contributed by atoms with E-state index in [1.165, 1.54) is 50.9 Å². The number of nitriles is 1. The molecule has 46 heteroatoms. The SMILES string of the molecule is C.C.CC(C)N(C(C)C)P(Cl)OCCC#N.CCC1OC(Cl)CC1C.CCC1OC(n2nc(-c3ccco3)c3c(N)ncnc32)CC1C.CN(C)C=Nc1ncnc2c1c(-c1ccco1)nn2C1CC(O)C(CO)O1.NC=O.NN.Nc1ncnc2n[nH]c(-c3ccco3)c12.O=C(Cl)c1ccco1.[C-]#[N+]C([N+]#[C-])=C(OC)c1ccco1.[C-]#[N+]c1c(N)n[nH]c1-c1ccco1. The Balaban J connectivity index is 0.000000266. The molecule has 129 heavy (non-hydrogen) atoms. The van der Waals surface area contributed by atoms with Gasteiger partial charge in [-0.05, 0) is 161 Å². The Morgan fingerprint density at radius 1 is 0.690 bits per heavy atom. The molecule has 42 nitrogen and oxygen atoms in total. The standard InChI is InChI=1S/C17H20N6O4.C16H19N5O2.C9H18ClN2OP.C9H7N5O.C9H6N2O2.C8H6N4O.C7H13ClO.C5H3ClO2.CH3NO.2CH4.H4N2/c1-22(2)9-20-16-14-15(11-4-3-5-26-11)21-23(17(14)19-8-18-16)13-6-10(25)12(7-24)27-13;1-3-10-9(2)7-12(23-10)21-16-13(15(17)18-8-19-16)14(20-21)11-5-4-6-22-11;1-8(2)12(9(3)4)14(10)13-7-5-6-11;10-8-6-7(5-2-1-3-15-5)13-14-9(6)12-4-11-8;1-10-9(11-2)8(12-3)7-5-4-6-13-7;1-10-7-6(11-12-8(7)9)5-3-2-4-13-5;1-3-6-5(2)4-7(8)9-6;6-5(7)4-2-1-3-8-4;2-1-3;;;1-2/h3-5,8-10,12-13,24-25H,6-7H2,1-2H3;4-6,8-10,12H,3,7H2,1-2H3,(H2,17,18,19);8-9H,5,7H2,1-4H3;1-4H,(H3,10,11,12,13,14);4-6H,3H3;2-4H,(H3,9,11,12);5-7H,3-4H2,1-2H3;1-3H;1H,(H2,2,3);2*1H4;1-2H2. The van der Waals surface area contributed by atoms with E-state index in [0.29, 0.717) is 157 Å². The van der Waals surface area contributed by atoms with Gasteiger partial charge in [0.25, 0.3) is 16.7 Å². The number of aliphatic hydroxyl groups excluding tert-OH is 2. The van der Waals surface area contributed by atoms with Crippen LogP contribution in [-0.2, 0) is 28.3 Å². The first kappa shape index (κ1) is 107. The number of nitrogen functional groups attached to an aromatic ring is 3. The Bertz CT molecular complexity index is 5660. The molecule has 3 fully saturated rings. The number of aromatic nitrogens is 14. The third-order valence-corrected chi connectivity index (χ3v) is 21.2. The predicted octanol–water partition coefficient (Wildman–Crippen LogP) is 16.1. The maximum absolute atomic E-state index is 10.2. The van der Waals surface area contributed by atoms with Gasteiger partial charge in [-0.1, -0.05) is 54.1 Å². The lowest BCUT2D eigenvalue weighted by atomic mass is 10.0. The van der Waals surface area contributed by atoms with Crippen LogP contribution in [0.2, 0.25) is 0 Å². The molecular formula is C83H107Cl3N27O15P. The van der Waals surface area contributed by atoms with E-state index >= 15 is 0 Å². The third-order valence-electron chi connectivity index (χ3n) is 18.2. The van der Waals surface area contributed by atoms with E-state index in [1.807, 2.05) is 43.0 Å². The Kier molecular flexibility index (Phi) is 44.8. The van der Waals surface area contributed by atoms with Gasteiger partial charge in [-0.25, -0.2) is 53.8 Å². The molecule has 10 unspecified atom stereocenters. The summed E-state index contributed by atoms with van der Waals surface area (Å²) >= 11 is 16.9. The van der Waals surface area contributed by atoms with Crippen molar-refractivity contribution >= 4 is 128 Å². The number of nitrogens with one attached hydrogen (secondary N) is 2. The van der Waals surface area contributed by atoms with Crippen LogP contribution < -0.4 is 34.6 Å². The van der Waals surface area contributed by atoms with Crippen molar-refractivity contribution in [3.63, 3.8) is 0 Å². The number of ether oxygens (including phenoxy) is 4. The summed E-state index contributed by atoms with van der Waals surface area (Å²) < 4.78 is 64.1. The highest BCUT2D eigenvalue weighted by Gasteiger charge is 2.38. The molecule has 0 saturated carbocycles. The first-order valence-corrected chi connectivity index (χ1v) is 41.8. The van der Waals surface area contributed by atoms with E-state index in [1.54, 1.807) is 83.2 Å². The average Bonchev–Trinajstić information content (AvgIpc) is 1.60. The van der Waals surface area contributed by atoms with Crippen molar-refractivity contribution in [2.75, 3.05) is 51.6 Å². The molecule has 0 radical (unpaired) electrons. The van der Waals surface area contributed by atoms with Crippen LogP contribution in [0.25, 0.3) is 99.2 Å². The van der Waals surface area contributed by atoms with Crippen molar-refractivity contribution in [3.8, 4) is 51.9 Å². The van der Waals surface area contributed by atoms with Crippen molar-refractivity contribution in [2.45, 2.75) is 163 Å². The number of amides is 1. The van der Waals surface area contributed by atoms with Crippen LogP contribution in [0.3, 0.4) is 0 Å². The number of carbonyl (C=O) groups excluding carboxylic acids is 2. The fraction of sp³-hybridized carbons (Fsp3) is 0.386. The van der Waals surface area contributed by atoms with Crippen molar-refractivity contribution in [1.82, 2.24) is 79.4 Å². The van der Waals surface area contributed by atoms with Crippen molar-refractivity contribution in [1.29, 1.82) is 5.26 Å². The number of methoxy groups -OCH3 is 1. The molecule has 1 amide bonds. The summed E-state index contributed by atoms with van der Waals surface area (Å²) in [5.41, 5.74) is 25.9. The lowest BCUT2D eigenvalue weighted by Gasteiger charge is -2.32. The van der Waals surface area contributed by atoms with Gasteiger partial charge in [-0.15, -0.1) is 0 Å². The number of carbonyl (C=O) groups is 2. The number of aliphatic hydroxyl groups is 2. The summed E-state index contributed by atoms with van der Waals surface area (Å²) in [7, 11) is 4.04. The number of rotatable bonds is 20. The molecule has 3 aliphatic heterocycles. The minimum Gasteiger partial charge on any atom is -0.498 e.